The van der Waals surface area contributed by atoms with Crippen molar-refractivity contribution < 1.29 is 13.9 Å². The Morgan fingerprint density at radius 3 is 2.76 bits per heavy atom. The summed E-state index contributed by atoms with van der Waals surface area (Å²) in [7, 11) is 0. The van der Waals surface area contributed by atoms with Gasteiger partial charge in [0, 0.05) is 24.3 Å². The van der Waals surface area contributed by atoms with Crippen molar-refractivity contribution in [2.75, 3.05) is 18.4 Å². The summed E-state index contributed by atoms with van der Waals surface area (Å²) in [5, 5.41) is 2.91. The molecule has 1 heterocycles. The summed E-state index contributed by atoms with van der Waals surface area (Å²) in [5.41, 5.74) is 2.48. The molecule has 25 heavy (non-hydrogen) atoms. The van der Waals surface area contributed by atoms with E-state index in [1.165, 1.54) is 6.07 Å². The first kappa shape index (κ1) is 17.4. The van der Waals surface area contributed by atoms with Crippen LogP contribution in [-0.2, 0) is 11.3 Å². The number of aryl methyl sites for hydroxylation is 1. The molecule has 132 valence electrons. The van der Waals surface area contributed by atoms with E-state index in [0.29, 0.717) is 18.7 Å². The number of nitrogens with one attached hydrogen (secondary N) is 1. The fraction of sp³-hybridized carbons (Fsp3) is 0.350. The lowest BCUT2D eigenvalue weighted by atomic mass is 10.1. The van der Waals surface area contributed by atoms with Crippen molar-refractivity contribution in [1.82, 2.24) is 4.90 Å². The van der Waals surface area contributed by atoms with Gasteiger partial charge in [-0.15, -0.1) is 0 Å². The topological polar surface area (TPSA) is 41.6 Å². The molecule has 0 aliphatic carbocycles. The van der Waals surface area contributed by atoms with Gasteiger partial charge in [0.25, 0.3) is 0 Å². The average molecular weight is 342 g/mol. The van der Waals surface area contributed by atoms with Crippen LogP contribution in [0.15, 0.2) is 48.5 Å². The van der Waals surface area contributed by atoms with E-state index in [1.54, 1.807) is 23.1 Å². The van der Waals surface area contributed by atoms with Crippen LogP contribution in [0.4, 0.5) is 14.9 Å². The van der Waals surface area contributed by atoms with Gasteiger partial charge < -0.3 is 15.0 Å². The lowest BCUT2D eigenvalue weighted by molar-refractivity contribution is -0.0000421. The van der Waals surface area contributed by atoms with E-state index < -0.39 is 0 Å². The first-order valence-electron chi connectivity index (χ1n) is 8.59. The monoisotopic (exact) mass is 342 g/mol. The minimum Gasteiger partial charge on any atom is -0.372 e. The van der Waals surface area contributed by atoms with Crippen molar-refractivity contribution in [2.45, 2.75) is 32.5 Å². The van der Waals surface area contributed by atoms with E-state index in [9.17, 15) is 9.18 Å². The van der Waals surface area contributed by atoms with Crippen LogP contribution in [0, 0.1) is 12.7 Å². The Kier molecular flexibility index (Phi) is 5.66. The van der Waals surface area contributed by atoms with Crippen LogP contribution in [0.1, 0.15) is 24.0 Å². The Bertz CT molecular complexity index is 718. The zero-order chi connectivity index (χ0) is 17.6. The second-order valence-electron chi connectivity index (χ2n) is 6.41. The average Bonchev–Trinajstić information content (AvgIpc) is 2.63. The zero-order valence-electron chi connectivity index (χ0n) is 14.4. The number of urea groups is 1. The number of amides is 2. The molecule has 2 aromatic rings. The minimum absolute atomic E-state index is 0.0721. The number of anilines is 1. The molecule has 0 spiro atoms. The number of benzene rings is 2. The molecule has 5 heteroatoms. The molecule has 2 amide bonds. The van der Waals surface area contributed by atoms with E-state index in [1.807, 2.05) is 31.2 Å². The van der Waals surface area contributed by atoms with Crippen LogP contribution in [0.25, 0.3) is 0 Å². The number of rotatable bonds is 4. The Labute approximate surface area is 147 Å². The number of ether oxygens (including phenoxy) is 1. The Hall–Kier alpha value is -2.40. The van der Waals surface area contributed by atoms with Gasteiger partial charge in [-0.25, -0.2) is 9.18 Å². The first-order chi connectivity index (χ1) is 12.1. The quantitative estimate of drug-likeness (QED) is 0.898. The minimum atomic E-state index is -0.257. The highest BCUT2D eigenvalue weighted by Crippen LogP contribution is 2.18. The lowest BCUT2D eigenvalue weighted by Crippen LogP contribution is -2.45. The fourth-order valence-electron chi connectivity index (χ4n) is 2.92. The smallest absolute Gasteiger partial charge is 0.321 e. The zero-order valence-corrected chi connectivity index (χ0v) is 14.4. The highest BCUT2D eigenvalue weighted by molar-refractivity contribution is 5.89. The number of hydrogen-bond donors (Lipinski definition) is 1. The number of carbonyl (C=O) groups is 1. The Morgan fingerprint density at radius 2 is 2.00 bits per heavy atom. The molecule has 2 aromatic carbocycles. The van der Waals surface area contributed by atoms with Gasteiger partial charge in [0.2, 0.25) is 0 Å². The van der Waals surface area contributed by atoms with Crippen LogP contribution in [0.3, 0.4) is 0 Å². The van der Waals surface area contributed by atoms with Gasteiger partial charge in [-0.3, -0.25) is 0 Å². The maximum absolute atomic E-state index is 13.7. The lowest BCUT2D eigenvalue weighted by Gasteiger charge is -2.32. The molecule has 0 radical (unpaired) electrons. The van der Waals surface area contributed by atoms with Crippen molar-refractivity contribution >= 4 is 11.7 Å². The van der Waals surface area contributed by atoms with Crippen LogP contribution in [0.5, 0.6) is 0 Å². The van der Waals surface area contributed by atoms with Gasteiger partial charge in [-0.05, 0) is 38.0 Å². The summed E-state index contributed by atoms with van der Waals surface area (Å²) in [6.45, 7) is 3.46. The third kappa shape index (κ3) is 4.79. The van der Waals surface area contributed by atoms with Crippen molar-refractivity contribution in [1.29, 1.82) is 0 Å². The standard InChI is InChI=1S/C20H23FN2O2/c1-15-8-10-17(11-9-15)22-20(24)23-12-4-6-18(13-23)25-14-16-5-2-3-7-19(16)21/h2-3,5,7-11,18H,4,6,12-14H2,1H3,(H,22,24)/t18-/m1/s1. The molecule has 0 bridgehead atoms. The number of likely N-dealkylation sites (tertiary alicyclic amines) is 1. The number of piperidine rings is 1. The highest BCUT2D eigenvalue weighted by Gasteiger charge is 2.24. The summed E-state index contributed by atoms with van der Waals surface area (Å²) in [4.78, 5) is 14.2. The number of hydrogen-bond acceptors (Lipinski definition) is 2. The van der Waals surface area contributed by atoms with E-state index in [0.717, 1.165) is 24.1 Å². The molecule has 4 nitrogen and oxygen atoms in total. The van der Waals surface area contributed by atoms with Crippen LogP contribution in [0.2, 0.25) is 0 Å². The van der Waals surface area contributed by atoms with Gasteiger partial charge in [0.05, 0.1) is 12.7 Å². The summed E-state index contributed by atoms with van der Waals surface area (Å²) in [6, 6.07) is 14.2. The first-order valence-corrected chi connectivity index (χ1v) is 8.59. The Morgan fingerprint density at radius 1 is 1.24 bits per heavy atom. The van der Waals surface area contributed by atoms with Crippen molar-refractivity contribution in [3.8, 4) is 0 Å². The number of carbonyl (C=O) groups excluding carboxylic acids is 1. The van der Waals surface area contributed by atoms with Crippen LogP contribution in [-0.4, -0.2) is 30.1 Å². The molecule has 1 N–H and O–H groups in total. The van der Waals surface area contributed by atoms with Gasteiger partial charge in [-0.1, -0.05) is 35.9 Å². The molecule has 1 aliphatic rings. The van der Waals surface area contributed by atoms with Crippen molar-refractivity contribution in [3.05, 3.63) is 65.5 Å². The van der Waals surface area contributed by atoms with Gasteiger partial charge in [0.15, 0.2) is 0 Å². The van der Waals surface area contributed by atoms with Crippen molar-refractivity contribution in [2.24, 2.45) is 0 Å². The molecule has 0 aromatic heterocycles. The largest absolute Gasteiger partial charge is 0.372 e. The summed E-state index contributed by atoms with van der Waals surface area (Å²) < 4.78 is 19.5. The molecular formula is C20H23FN2O2. The third-order valence-electron chi connectivity index (χ3n) is 4.40. The van der Waals surface area contributed by atoms with E-state index >= 15 is 0 Å². The van der Waals surface area contributed by atoms with Gasteiger partial charge >= 0.3 is 6.03 Å². The molecule has 1 fully saturated rings. The summed E-state index contributed by atoms with van der Waals surface area (Å²) >= 11 is 0. The second-order valence-corrected chi connectivity index (χ2v) is 6.41. The third-order valence-corrected chi connectivity index (χ3v) is 4.40. The van der Waals surface area contributed by atoms with E-state index in [2.05, 4.69) is 5.32 Å². The summed E-state index contributed by atoms with van der Waals surface area (Å²) in [5.74, 6) is -0.257. The predicted octanol–water partition coefficient (Wildman–Crippen LogP) is 4.35. The molecule has 0 unspecified atom stereocenters. The molecular weight excluding hydrogens is 319 g/mol. The van der Waals surface area contributed by atoms with Crippen LogP contribution >= 0.6 is 0 Å². The van der Waals surface area contributed by atoms with Crippen LogP contribution < -0.4 is 5.32 Å². The SMILES string of the molecule is Cc1ccc(NC(=O)N2CCC[C@@H](OCc3ccccc3F)C2)cc1. The number of nitrogens with zero attached hydrogens (tertiary/aromatic N) is 1. The van der Waals surface area contributed by atoms with Gasteiger partial charge in [0.1, 0.15) is 5.82 Å². The summed E-state index contributed by atoms with van der Waals surface area (Å²) in [6.07, 6.45) is 1.68. The van der Waals surface area contributed by atoms with Gasteiger partial charge in [-0.2, -0.15) is 0 Å². The number of halogens is 1. The predicted molar refractivity (Wildman–Crippen MR) is 96.0 cm³/mol. The van der Waals surface area contributed by atoms with E-state index in [-0.39, 0.29) is 24.6 Å². The van der Waals surface area contributed by atoms with E-state index in [4.69, 9.17) is 4.74 Å². The molecule has 3 rings (SSSR count). The van der Waals surface area contributed by atoms with Crippen molar-refractivity contribution in [3.63, 3.8) is 0 Å². The molecule has 1 saturated heterocycles. The molecule has 0 saturated carbocycles. The maximum atomic E-state index is 13.7. The molecule has 1 atom stereocenters. The highest BCUT2D eigenvalue weighted by atomic mass is 19.1. The fourth-order valence-corrected chi connectivity index (χ4v) is 2.92. The molecule has 1 aliphatic heterocycles. The Balaban J connectivity index is 1.52. The maximum Gasteiger partial charge on any atom is 0.321 e. The normalized spacial score (nSPS) is 17.4. The second kappa shape index (κ2) is 8.12.